The molecule has 0 aromatic rings. The molecule has 0 radical (unpaired) electrons. The monoisotopic (exact) mass is 172 g/mol. The molecule has 0 bridgehead atoms. The van der Waals surface area contributed by atoms with Gasteiger partial charge in [0.1, 0.15) is 0 Å². The van der Waals surface area contributed by atoms with E-state index >= 15 is 0 Å². The first-order valence-corrected chi connectivity index (χ1v) is 5.73. The summed E-state index contributed by atoms with van der Waals surface area (Å²) in [6.45, 7) is 2.32. The lowest BCUT2D eigenvalue weighted by atomic mass is 9.67. The van der Waals surface area contributed by atoms with E-state index in [1.165, 1.54) is 12.8 Å². The highest BCUT2D eigenvalue weighted by molar-refractivity contribution is 7.99. The van der Waals surface area contributed by atoms with E-state index in [2.05, 4.69) is 13.2 Å². The van der Waals surface area contributed by atoms with E-state index in [-0.39, 0.29) is 6.10 Å². The van der Waals surface area contributed by atoms with Crippen LogP contribution >= 0.6 is 11.8 Å². The first-order valence-electron chi connectivity index (χ1n) is 4.45. The Morgan fingerprint density at radius 1 is 1.27 bits per heavy atom. The van der Waals surface area contributed by atoms with E-state index in [0.29, 0.717) is 11.2 Å². The Balaban J connectivity index is 2.02. The lowest BCUT2D eigenvalue weighted by molar-refractivity contribution is 0.0267. The Labute approximate surface area is 72.6 Å². The molecule has 5 atom stereocenters. The summed E-state index contributed by atoms with van der Waals surface area (Å²) in [5.74, 6) is 2.39. The topological polar surface area (TPSA) is 20.2 Å². The highest BCUT2D eigenvalue weighted by Crippen LogP contribution is 2.53. The number of hydrogen-bond acceptors (Lipinski definition) is 2. The Hall–Kier alpha value is 0.310. The van der Waals surface area contributed by atoms with Crippen LogP contribution in [-0.2, 0) is 0 Å². The molecule has 1 N–H and O–H groups in total. The molecule has 2 fully saturated rings. The molecule has 1 nitrogen and oxygen atoms in total. The predicted octanol–water partition coefficient (Wildman–Crippen LogP) is 1.75. The van der Waals surface area contributed by atoms with Crippen molar-refractivity contribution in [2.24, 2.45) is 17.8 Å². The first kappa shape index (κ1) is 7.93. The van der Waals surface area contributed by atoms with Crippen molar-refractivity contribution in [3.05, 3.63) is 0 Å². The first-order chi connectivity index (χ1) is 5.24. The number of aliphatic hydroxyl groups is 1. The summed E-state index contributed by atoms with van der Waals surface area (Å²) < 4.78 is 0. The van der Waals surface area contributed by atoms with Gasteiger partial charge in [-0.25, -0.2) is 0 Å². The third kappa shape index (κ3) is 1.03. The fraction of sp³-hybridized carbons (Fsp3) is 1.00. The molecular formula is C9H16OS. The summed E-state index contributed by atoms with van der Waals surface area (Å²) in [5, 5.41) is 10.3. The van der Waals surface area contributed by atoms with Crippen LogP contribution in [0.3, 0.4) is 0 Å². The molecule has 0 saturated heterocycles. The predicted molar refractivity (Wildman–Crippen MR) is 48.7 cm³/mol. The summed E-state index contributed by atoms with van der Waals surface area (Å²) in [6, 6.07) is 0. The van der Waals surface area contributed by atoms with Gasteiger partial charge in [-0.2, -0.15) is 11.8 Å². The summed E-state index contributed by atoms with van der Waals surface area (Å²) in [4.78, 5) is 0. The van der Waals surface area contributed by atoms with E-state index in [1.807, 2.05) is 11.8 Å². The second-order valence-corrected chi connectivity index (χ2v) is 5.12. The maximum Gasteiger partial charge on any atom is 0.0689 e. The van der Waals surface area contributed by atoms with E-state index < -0.39 is 0 Å². The average molecular weight is 172 g/mol. The van der Waals surface area contributed by atoms with Crippen molar-refractivity contribution in [3.63, 3.8) is 0 Å². The van der Waals surface area contributed by atoms with Crippen LogP contribution in [0.25, 0.3) is 0 Å². The number of hydrogen-bond donors (Lipinski definition) is 1. The van der Waals surface area contributed by atoms with Crippen LogP contribution < -0.4 is 0 Å². The van der Waals surface area contributed by atoms with E-state index in [0.717, 1.165) is 11.8 Å². The molecule has 2 aliphatic rings. The van der Waals surface area contributed by atoms with Crippen LogP contribution in [0.4, 0.5) is 0 Å². The third-order valence-electron chi connectivity index (χ3n) is 3.55. The van der Waals surface area contributed by atoms with Crippen molar-refractivity contribution in [3.8, 4) is 0 Å². The second-order valence-electron chi connectivity index (χ2n) is 4.04. The van der Waals surface area contributed by atoms with E-state index in [1.54, 1.807) is 0 Å². The minimum atomic E-state index is 0.00574. The SMILES string of the molecule is CS[C@H]1C[C@@H]2[C@@H](C[C@@H]2C)[C@@H]1O. The summed E-state index contributed by atoms with van der Waals surface area (Å²) >= 11 is 1.84. The quantitative estimate of drug-likeness (QED) is 0.650. The molecule has 0 aromatic heterocycles. The number of aliphatic hydroxyl groups excluding tert-OH is 1. The average Bonchev–Trinajstić information content (AvgIpc) is 2.24. The zero-order chi connectivity index (χ0) is 8.01. The lowest BCUT2D eigenvalue weighted by Gasteiger charge is -2.39. The minimum absolute atomic E-state index is 0.00574. The molecule has 2 aliphatic carbocycles. The zero-order valence-electron chi connectivity index (χ0n) is 7.16. The van der Waals surface area contributed by atoms with Gasteiger partial charge in [0.15, 0.2) is 0 Å². The van der Waals surface area contributed by atoms with Crippen molar-refractivity contribution >= 4 is 11.8 Å². The van der Waals surface area contributed by atoms with Gasteiger partial charge in [-0.05, 0) is 36.9 Å². The molecule has 0 spiro atoms. The molecule has 0 amide bonds. The highest BCUT2D eigenvalue weighted by atomic mass is 32.2. The normalized spacial score (nSPS) is 55.4. The molecule has 2 rings (SSSR count). The molecule has 64 valence electrons. The Kier molecular flexibility index (Phi) is 1.92. The molecular weight excluding hydrogens is 156 g/mol. The van der Waals surface area contributed by atoms with Gasteiger partial charge in [-0.1, -0.05) is 6.92 Å². The molecule has 0 heterocycles. The number of fused-ring (bicyclic) bond motifs is 1. The smallest absolute Gasteiger partial charge is 0.0689 e. The Morgan fingerprint density at radius 2 is 2.00 bits per heavy atom. The lowest BCUT2D eigenvalue weighted by Crippen LogP contribution is -2.36. The maximum absolute atomic E-state index is 9.78. The van der Waals surface area contributed by atoms with Crippen LogP contribution in [0.5, 0.6) is 0 Å². The van der Waals surface area contributed by atoms with Crippen molar-refractivity contribution in [1.29, 1.82) is 0 Å². The highest BCUT2D eigenvalue weighted by Gasteiger charge is 2.50. The fourth-order valence-electron chi connectivity index (χ4n) is 2.72. The minimum Gasteiger partial charge on any atom is -0.392 e. The van der Waals surface area contributed by atoms with Crippen LogP contribution in [0.1, 0.15) is 19.8 Å². The Bertz CT molecular complexity index is 152. The number of rotatable bonds is 1. The van der Waals surface area contributed by atoms with E-state index in [4.69, 9.17) is 0 Å². The summed E-state index contributed by atoms with van der Waals surface area (Å²) in [6.07, 6.45) is 4.64. The van der Waals surface area contributed by atoms with Gasteiger partial charge in [0, 0.05) is 5.25 Å². The fourth-order valence-corrected chi connectivity index (χ4v) is 3.62. The maximum atomic E-state index is 9.78. The van der Waals surface area contributed by atoms with Crippen LogP contribution in [-0.4, -0.2) is 22.7 Å². The molecule has 0 aromatic carbocycles. The Morgan fingerprint density at radius 3 is 2.45 bits per heavy atom. The molecule has 2 heteroatoms. The van der Waals surface area contributed by atoms with Crippen LogP contribution in [0.15, 0.2) is 0 Å². The van der Waals surface area contributed by atoms with Gasteiger partial charge in [-0.15, -0.1) is 0 Å². The van der Waals surface area contributed by atoms with Gasteiger partial charge >= 0.3 is 0 Å². The zero-order valence-corrected chi connectivity index (χ0v) is 7.97. The second kappa shape index (κ2) is 2.67. The largest absolute Gasteiger partial charge is 0.392 e. The van der Waals surface area contributed by atoms with Crippen LogP contribution in [0, 0.1) is 17.8 Å². The van der Waals surface area contributed by atoms with Crippen LogP contribution in [0.2, 0.25) is 0 Å². The molecule has 0 unspecified atom stereocenters. The third-order valence-corrected chi connectivity index (χ3v) is 4.63. The number of thioether (sulfide) groups is 1. The molecule has 11 heavy (non-hydrogen) atoms. The van der Waals surface area contributed by atoms with Gasteiger partial charge in [0.05, 0.1) is 6.10 Å². The van der Waals surface area contributed by atoms with Gasteiger partial charge in [-0.3, -0.25) is 0 Å². The summed E-state index contributed by atoms with van der Waals surface area (Å²) in [7, 11) is 0. The van der Waals surface area contributed by atoms with Crippen molar-refractivity contribution in [2.75, 3.05) is 6.26 Å². The molecule has 2 saturated carbocycles. The van der Waals surface area contributed by atoms with Gasteiger partial charge in [0.2, 0.25) is 0 Å². The van der Waals surface area contributed by atoms with Crippen molar-refractivity contribution < 1.29 is 5.11 Å². The van der Waals surface area contributed by atoms with E-state index in [9.17, 15) is 5.11 Å². The van der Waals surface area contributed by atoms with Gasteiger partial charge < -0.3 is 5.11 Å². The summed E-state index contributed by atoms with van der Waals surface area (Å²) in [5.41, 5.74) is 0. The standard InChI is InChI=1S/C9H16OS/c1-5-3-7-6(5)4-8(11-2)9(7)10/h5-10H,3-4H2,1-2H3/t5-,6-,7+,8-,9-/m0/s1. The van der Waals surface area contributed by atoms with Crippen molar-refractivity contribution in [2.45, 2.75) is 31.1 Å². The van der Waals surface area contributed by atoms with Gasteiger partial charge in [0.25, 0.3) is 0 Å². The van der Waals surface area contributed by atoms with Crippen molar-refractivity contribution in [1.82, 2.24) is 0 Å². The molecule has 0 aliphatic heterocycles.